The van der Waals surface area contributed by atoms with Crippen LogP contribution >= 0.6 is 0 Å². The van der Waals surface area contributed by atoms with E-state index >= 15 is 0 Å². The van der Waals surface area contributed by atoms with Crippen LogP contribution in [0.1, 0.15) is 29.0 Å². The molecule has 0 radical (unpaired) electrons. The highest BCUT2D eigenvalue weighted by Crippen LogP contribution is 2.44. The standard InChI is InChI=1S/C34H36N2O10/c1-5-14-45-32(39)17-28(33(40)36(19-31(37)38)18-26-29(43-3)15-21(42-2)16-30(26)44-4)35-34(41)46-20-27-24-12-8-6-10-22(24)23-11-7-9-13-25(23)27/h5-13,15-16,27-28H,1,14,17-20H2,2-4H3,(H,35,41)(H,37,38)/t28-/m0/s1. The highest BCUT2D eigenvalue weighted by atomic mass is 16.6. The molecule has 0 heterocycles. The summed E-state index contributed by atoms with van der Waals surface area (Å²) in [6.07, 6.45) is -0.206. The second-order valence-corrected chi connectivity index (χ2v) is 10.3. The van der Waals surface area contributed by atoms with Crippen LogP contribution in [0.5, 0.6) is 17.2 Å². The minimum absolute atomic E-state index is 0.0409. The first kappa shape index (κ1) is 33.4. The highest BCUT2D eigenvalue weighted by molar-refractivity contribution is 5.91. The largest absolute Gasteiger partial charge is 0.496 e. The number of amides is 2. The summed E-state index contributed by atoms with van der Waals surface area (Å²) in [6, 6.07) is 17.2. The van der Waals surface area contributed by atoms with Crippen LogP contribution in [0.25, 0.3) is 11.1 Å². The van der Waals surface area contributed by atoms with E-state index in [-0.39, 0.29) is 37.2 Å². The van der Waals surface area contributed by atoms with Crippen molar-refractivity contribution in [2.45, 2.75) is 24.9 Å². The first-order valence-electron chi connectivity index (χ1n) is 14.4. The van der Waals surface area contributed by atoms with Crippen LogP contribution in [-0.2, 0) is 30.4 Å². The fraction of sp³-hybridized carbons (Fsp3) is 0.294. The molecule has 242 valence electrons. The summed E-state index contributed by atoms with van der Waals surface area (Å²) >= 11 is 0. The van der Waals surface area contributed by atoms with Gasteiger partial charge in [-0.1, -0.05) is 61.2 Å². The van der Waals surface area contributed by atoms with Crippen molar-refractivity contribution in [1.29, 1.82) is 0 Å². The van der Waals surface area contributed by atoms with Gasteiger partial charge in [-0.15, -0.1) is 0 Å². The zero-order valence-corrected chi connectivity index (χ0v) is 25.8. The van der Waals surface area contributed by atoms with Crippen molar-refractivity contribution in [3.63, 3.8) is 0 Å². The molecule has 1 atom stereocenters. The van der Waals surface area contributed by atoms with Crippen molar-refractivity contribution >= 4 is 23.9 Å². The molecule has 4 rings (SSSR count). The number of fused-ring (bicyclic) bond motifs is 3. The second-order valence-electron chi connectivity index (χ2n) is 10.3. The summed E-state index contributed by atoms with van der Waals surface area (Å²) in [6.45, 7) is 2.28. The number of aliphatic carboxylic acids is 1. The number of carbonyl (C=O) groups excluding carboxylic acids is 3. The third-order valence-electron chi connectivity index (χ3n) is 7.47. The predicted molar refractivity (Wildman–Crippen MR) is 167 cm³/mol. The first-order valence-corrected chi connectivity index (χ1v) is 14.4. The van der Waals surface area contributed by atoms with Crippen molar-refractivity contribution in [2.24, 2.45) is 0 Å². The lowest BCUT2D eigenvalue weighted by Gasteiger charge is -2.27. The number of hydrogen-bond donors (Lipinski definition) is 2. The lowest BCUT2D eigenvalue weighted by molar-refractivity contribution is -0.149. The van der Waals surface area contributed by atoms with E-state index in [0.29, 0.717) is 11.3 Å². The van der Waals surface area contributed by atoms with Crippen LogP contribution in [0.3, 0.4) is 0 Å². The summed E-state index contributed by atoms with van der Waals surface area (Å²) in [5.41, 5.74) is 4.41. The van der Waals surface area contributed by atoms with Crippen molar-refractivity contribution in [3.8, 4) is 28.4 Å². The van der Waals surface area contributed by atoms with Crippen molar-refractivity contribution in [1.82, 2.24) is 10.2 Å². The minimum atomic E-state index is -1.53. The molecular weight excluding hydrogens is 596 g/mol. The number of nitrogens with one attached hydrogen (secondary N) is 1. The third-order valence-corrected chi connectivity index (χ3v) is 7.47. The number of benzene rings is 3. The number of carbonyl (C=O) groups is 4. The van der Waals surface area contributed by atoms with Gasteiger partial charge in [0.2, 0.25) is 5.91 Å². The van der Waals surface area contributed by atoms with Gasteiger partial charge in [0.1, 0.15) is 43.0 Å². The van der Waals surface area contributed by atoms with Crippen LogP contribution in [0.4, 0.5) is 4.79 Å². The SMILES string of the molecule is C=CCOC(=O)C[C@H](NC(=O)OCC1c2ccccc2-c2ccccc21)C(=O)N(CC(=O)O)Cc1c(OC)cc(OC)cc1OC. The van der Waals surface area contributed by atoms with Gasteiger partial charge in [0.15, 0.2) is 0 Å². The van der Waals surface area contributed by atoms with Gasteiger partial charge in [-0.05, 0) is 22.3 Å². The van der Waals surface area contributed by atoms with Gasteiger partial charge >= 0.3 is 18.0 Å². The number of esters is 1. The molecular formula is C34H36N2O10. The van der Waals surface area contributed by atoms with E-state index in [1.165, 1.54) is 27.4 Å². The Hall–Kier alpha value is -5.52. The van der Waals surface area contributed by atoms with Crippen LogP contribution in [0.2, 0.25) is 0 Å². The van der Waals surface area contributed by atoms with E-state index in [4.69, 9.17) is 23.7 Å². The fourth-order valence-corrected chi connectivity index (χ4v) is 5.38. The van der Waals surface area contributed by atoms with Crippen molar-refractivity contribution in [3.05, 3.63) is 90.0 Å². The van der Waals surface area contributed by atoms with Crippen LogP contribution in [-0.4, -0.2) is 81.1 Å². The summed E-state index contributed by atoms with van der Waals surface area (Å²) in [5, 5.41) is 12.1. The quantitative estimate of drug-likeness (QED) is 0.185. The summed E-state index contributed by atoms with van der Waals surface area (Å²) < 4.78 is 26.9. The van der Waals surface area contributed by atoms with Gasteiger partial charge in [-0.25, -0.2) is 4.79 Å². The Balaban J connectivity index is 1.57. The van der Waals surface area contributed by atoms with E-state index in [9.17, 15) is 24.3 Å². The Morgan fingerprint density at radius 2 is 1.50 bits per heavy atom. The molecule has 3 aromatic carbocycles. The number of nitrogens with zero attached hydrogens (tertiary/aromatic N) is 1. The fourth-order valence-electron chi connectivity index (χ4n) is 5.38. The molecule has 2 N–H and O–H groups in total. The predicted octanol–water partition coefficient (Wildman–Crippen LogP) is 4.15. The number of rotatable bonds is 15. The lowest BCUT2D eigenvalue weighted by atomic mass is 9.98. The summed E-state index contributed by atoms with van der Waals surface area (Å²) in [7, 11) is 4.26. The van der Waals surface area contributed by atoms with Crippen LogP contribution in [0.15, 0.2) is 73.3 Å². The van der Waals surface area contributed by atoms with E-state index in [1.54, 1.807) is 12.1 Å². The molecule has 0 bridgehead atoms. The molecule has 1 aliphatic rings. The van der Waals surface area contributed by atoms with Crippen LogP contribution < -0.4 is 19.5 Å². The normalized spacial score (nSPS) is 12.2. The molecule has 0 aliphatic heterocycles. The maximum absolute atomic E-state index is 13.9. The first-order chi connectivity index (χ1) is 22.2. The number of methoxy groups -OCH3 is 3. The molecule has 12 nitrogen and oxygen atoms in total. The number of carboxylic acid groups (broad SMARTS) is 1. The van der Waals surface area contributed by atoms with Crippen molar-refractivity contribution < 1.29 is 48.0 Å². The topological polar surface area (TPSA) is 150 Å². The smallest absolute Gasteiger partial charge is 0.407 e. The Bertz CT molecular complexity index is 1530. The molecule has 0 unspecified atom stereocenters. The molecule has 0 spiro atoms. The molecule has 0 aromatic heterocycles. The average Bonchev–Trinajstić information content (AvgIpc) is 3.38. The maximum Gasteiger partial charge on any atom is 0.407 e. The monoisotopic (exact) mass is 632 g/mol. The van der Waals surface area contributed by atoms with Gasteiger partial charge in [0.25, 0.3) is 0 Å². The molecule has 0 fully saturated rings. The Morgan fingerprint density at radius 1 is 0.913 bits per heavy atom. The number of carboxylic acids is 1. The van der Waals surface area contributed by atoms with E-state index < -0.39 is 42.9 Å². The van der Waals surface area contributed by atoms with Gasteiger partial charge < -0.3 is 39.0 Å². The molecule has 0 saturated carbocycles. The van der Waals surface area contributed by atoms with Gasteiger partial charge in [0, 0.05) is 18.1 Å². The average molecular weight is 633 g/mol. The Morgan fingerprint density at radius 3 is 2.02 bits per heavy atom. The zero-order chi connectivity index (χ0) is 33.2. The Kier molecular flexibility index (Phi) is 11.2. The molecule has 0 saturated heterocycles. The molecule has 46 heavy (non-hydrogen) atoms. The number of hydrogen-bond acceptors (Lipinski definition) is 9. The van der Waals surface area contributed by atoms with Gasteiger partial charge in [0.05, 0.1) is 39.9 Å². The third kappa shape index (κ3) is 7.76. The number of ether oxygens (including phenoxy) is 5. The Labute approximate surface area is 266 Å². The lowest BCUT2D eigenvalue weighted by Crippen LogP contribution is -2.51. The van der Waals surface area contributed by atoms with Gasteiger partial charge in [-0.3, -0.25) is 14.4 Å². The van der Waals surface area contributed by atoms with E-state index in [2.05, 4.69) is 11.9 Å². The summed E-state index contributed by atoms with van der Waals surface area (Å²) in [4.78, 5) is 52.5. The summed E-state index contributed by atoms with van der Waals surface area (Å²) in [5.74, 6) is -2.30. The highest BCUT2D eigenvalue weighted by Gasteiger charge is 2.33. The zero-order valence-electron chi connectivity index (χ0n) is 25.8. The van der Waals surface area contributed by atoms with E-state index in [0.717, 1.165) is 27.2 Å². The van der Waals surface area contributed by atoms with Crippen LogP contribution in [0, 0.1) is 0 Å². The van der Waals surface area contributed by atoms with Crippen molar-refractivity contribution in [2.75, 3.05) is 41.1 Å². The van der Waals surface area contributed by atoms with Gasteiger partial charge in [-0.2, -0.15) is 0 Å². The molecule has 2 amide bonds. The molecule has 1 aliphatic carbocycles. The maximum atomic E-state index is 13.9. The minimum Gasteiger partial charge on any atom is -0.496 e. The molecule has 12 heteroatoms. The van der Waals surface area contributed by atoms with E-state index in [1.807, 2.05) is 48.5 Å². The second kappa shape index (κ2) is 15.5. The molecule has 3 aromatic rings. The number of alkyl carbamates (subject to hydrolysis) is 1.